The van der Waals surface area contributed by atoms with Crippen LogP contribution >= 0.6 is 23.2 Å². The maximum absolute atomic E-state index is 16.2. The van der Waals surface area contributed by atoms with Gasteiger partial charge >= 0.3 is 0 Å². The van der Waals surface area contributed by atoms with Crippen LogP contribution in [0.5, 0.6) is 0 Å². The zero-order chi connectivity index (χ0) is 41.1. The lowest BCUT2D eigenvalue weighted by molar-refractivity contribution is -0.124. The maximum Gasteiger partial charge on any atom is 0.251 e. The molecule has 0 aromatic heterocycles. The fourth-order valence-corrected chi connectivity index (χ4v) is 8.99. The molecule has 3 atom stereocenters. The molecule has 1 aliphatic carbocycles. The Hall–Kier alpha value is -4.15. The van der Waals surface area contributed by atoms with Crippen LogP contribution < -0.4 is 32.3 Å². The quantitative estimate of drug-likeness (QED) is 0.0901. The predicted molar refractivity (Wildman–Crippen MR) is 220 cm³/mol. The van der Waals surface area contributed by atoms with E-state index in [0.29, 0.717) is 106 Å². The Morgan fingerprint density at radius 3 is 2.17 bits per heavy atom. The van der Waals surface area contributed by atoms with Crippen LogP contribution in [0.4, 0.5) is 15.8 Å². The van der Waals surface area contributed by atoms with Crippen molar-refractivity contribution in [2.75, 3.05) is 69.9 Å². The summed E-state index contributed by atoms with van der Waals surface area (Å²) in [5.41, 5.74) is 5.26. The Morgan fingerprint density at radius 1 is 0.845 bits per heavy atom. The monoisotopic (exact) mass is 840 g/mol. The third-order valence-corrected chi connectivity index (χ3v) is 11.7. The lowest BCUT2D eigenvalue weighted by Crippen LogP contribution is -2.60. The summed E-state index contributed by atoms with van der Waals surface area (Å²) in [6, 6.07) is 15.4. The summed E-state index contributed by atoms with van der Waals surface area (Å²) in [5.74, 6) is -2.86. The third-order valence-electron chi connectivity index (χ3n) is 11.2. The molecular formula is C42H51Cl2FN6O7. The Kier molecular flexibility index (Phi) is 15.1. The van der Waals surface area contributed by atoms with Gasteiger partial charge in [0.1, 0.15) is 11.2 Å². The second-order valence-electron chi connectivity index (χ2n) is 14.8. The van der Waals surface area contributed by atoms with E-state index in [4.69, 9.17) is 43.1 Å². The van der Waals surface area contributed by atoms with Crippen molar-refractivity contribution in [3.8, 4) is 0 Å². The van der Waals surface area contributed by atoms with Gasteiger partial charge in [-0.05, 0) is 79.3 Å². The van der Waals surface area contributed by atoms with E-state index in [9.17, 15) is 19.2 Å². The maximum atomic E-state index is 16.2. The van der Waals surface area contributed by atoms with E-state index in [1.165, 1.54) is 6.07 Å². The Balaban J connectivity index is 1.02. The van der Waals surface area contributed by atoms with Gasteiger partial charge < -0.3 is 41.2 Å². The number of nitrogens with one attached hydrogen (secondary N) is 5. The molecule has 3 aromatic carbocycles. The smallest absolute Gasteiger partial charge is 0.251 e. The molecule has 6 rings (SSSR count). The minimum atomic E-state index is -1.34. The van der Waals surface area contributed by atoms with E-state index in [-0.39, 0.29) is 34.9 Å². The molecule has 7 N–H and O–H groups in total. The molecule has 1 saturated carbocycles. The molecule has 3 aliphatic rings. The van der Waals surface area contributed by atoms with Gasteiger partial charge in [-0.2, -0.15) is 0 Å². The van der Waals surface area contributed by atoms with Crippen molar-refractivity contribution in [3.63, 3.8) is 0 Å². The highest BCUT2D eigenvalue weighted by Crippen LogP contribution is 2.62. The van der Waals surface area contributed by atoms with E-state index in [1.807, 2.05) is 6.07 Å². The Bertz CT molecular complexity index is 1930. The van der Waals surface area contributed by atoms with Crippen LogP contribution in [0.1, 0.15) is 72.3 Å². The highest BCUT2D eigenvalue weighted by atomic mass is 35.5. The van der Waals surface area contributed by atoms with Crippen LogP contribution in [0, 0.1) is 5.82 Å². The summed E-state index contributed by atoms with van der Waals surface area (Å²) in [7, 11) is 0. The summed E-state index contributed by atoms with van der Waals surface area (Å²) in [5, 5.41) is 15.5. The van der Waals surface area contributed by atoms with Gasteiger partial charge in [0.25, 0.3) is 5.91 Å². The van der Waals surface area contributed by atoms with Crippen LogP contribution in [-0.2, 0) is 34.0 Å². The van der Waals surface area contributed by atoms with Crippen molar-refractivity contribution < 1.29 is 37.8 Å². The Labute approximate surface area is 347 Å². The number of carbonyl (C=O) groups is 4. The van der Waals surface area contributed by atoms with Crippen LogP contribution in [0.2, 0.25) is 10.0 Å². The van der Waals surface area contributed by atoms with Gasteiger partial charge in [0.05, 0.1) is 44.0 Å². The first-order chi connectivity index (χ1) is 28.1. The number of benzene rings is 3. The Morgan fingerprint density at radius 2 is 1.50 bits per heavy atom. The number of rotatable bonds is 19. The second kappa shape index (κ2) is 20.2. The van der Waals surface area contributed by atoms with Gasteiger partial charge in [-0.1, -0.05) is 60.7 Å². The number of nitrogens with two attached hydrogens (primary N) is 1. The van der Waals surface area contributed by atoms with Crippen molar-refractivity contribution in [2.24, 2.45) is 5.73 Å². The number of anilines is 2. The van der Waals surface area contributed by atoms with E-state index in [0.717, 1.165) is 19.3 Å². The molecule has 2 spiro atoms. The highest BCUT2D eigenvalue weighted by molar-refractivity contribution is 6.31. The van der Waals surface area contributed by atoms with E-state index in [1.54, 1.807) is 48.5 Å². The number of ether oxygens (including phenoxy) is 3. The lowest BCUT2D eigenvalue weighted by Gasteiger charge is -2.47. The van der Waals surface area contributed by atoms with Crippen molar-refractivity contribution in [1.29, 1.82) is 0 Å². The molecule has 13 nitrogen and oxygen atoms in total. The van der Waals surface area contributed by atoms with Crippen molar-refractivity contribution in [1.82, 2.24) is 16.0 Å². The first-order valence-corrected chi connectivity index (χ1v) is 20.6. The summed E-state index contributed by atoms with van der Waals surface area (Å²) < 4.78 is 32.7. The molecule has 2 heterocycles. The zero-order valence-corrected chi connectivity index (χ0v) is 33.8. The molecule has 58 heavy (non-hydrogen) atoms. The summed E-state index contributed by atoms with van der Waals surface area (Å²) in [4.78, 5) is 52.9. The van der Waals surface area contributed by atoms with Crippen molar-refractivity contribution in [2.45, 2.75) is 67.9 Å². The first-order valence-electron chi connectivity index (χ1n) is 19.8. The molecular weight excluding hydrogens is 790 g/mol. The number of amides is 4. The van der Waals surface area contributed by atoms with E-state index >= 15 is 4.39 Å². The topological polar surface area (TPSA) is 182 Å². The van der Waals surface area contributed by atoms with Gasteiger partial charge in [-0.25, -0.2) is 4.39 Å². The summed E-state index contributed by atoms with van der Waals surface area (Å²) in [6.07, 6.45) is 5.14. The molecule has 16 heteroatoms. The van der Waals surface area contributed by atoms with Gasteiger partial charge in [0.15, 0.2) is 0 Å². The first kappa shape index (κ1) is 43.4. The zero-order valence-electron chi connectivity index (χ0n) is 32.3. The number of hydrogen-bond acceptors (Lipinski definition) is 9. The fourth-order valence-electron chi connectivity index (χ4n) is 8.64. The average molecular weight is 842 g/mol. The molecule has 1 saturated heterocycles. The molecule has 2 fully saturated rings. The fraction of sp³-hybridized carbons (Fsp3) is 0.476. The molecule has 0 unspecified atom stereocenters. The number of hydrogen-bond donors (Lipinski definition) is 6. The van der Waals surface area contributed by atoms with E-state index in [2.05, 4.69) is 26.6 Å². The predicted octanol–water partition coefficient (Wildman–Crippen LogP) is 5.05. The van der Waals surface area contributed by atoms with Crippen LogP contribution in [0.3, 0.4) is 0 Å². The molecule has 4 amide bonds. The largest absolute Gasteiger partial charge is 0.379 e. The number of fused-ring (bicyclic) bond motifs is 3. The summed E-state index contributed by atoms with van der Waals surface area (Å²) >= 11 is 12.7. The van der Waals surface area contributed by atoms with Crippen LogP contribution in [0.15, 0.2) is 60.7 Å². The number of halogens is 3. The SMILES string of the molecule is NCC(=O)NCCCOCCOCCOCCCNC(=O)c1ccc(NC(=O)[C@@H]2NC3(CCCCC3)[C@@]3(C(=O)Nc4cc(Cl)ccc43)[C@H]2c2cccc(Cl)c2F)cc1. The standard InChI is InChI=1S/C42H51Cl2FN6O7/c43-28-11-14-31-33(25-28)50-40(55)42(31)35(30-7-4-8-32(44)36(30)45)37(51-41(42)15-2-1-3-16-41)39(54)49-29-12-9-27(10-13-29)38(53)48-18-6-20-57-22-24-58-23-21-56-19-5-17-47-34(52)26-46/h4,7-14,25,35,37,51H,1-3,5-6,15-24,26,46H2,(H,47,52)(H,48,53)(H,49,54)(H,50,55)/t35-,37+,42+/m0/s1. The van der Waals surface area contributed by atoms with Gasteiger partial charge in [-0.15, -0.1) is 0 Å². The third kappa shape index (κ3) is 9.49. The van der Waals surface area contributed by atoms with Crippen molar-refractivity contribution >= 4 is 58.2 Å². The number of carbonyl (C=O) groups excluding carboxylic acids is 4. The highest BCUT2D eigenvalue weighted by Gasteiger charge is 2.72. The minimum Gasteiger partial charge on any atom is -0.379 e. The van der Waals surface area contributed by atoms with Crippen LogP contribution in [-0.4, -0.2) is 94.5 Å². The summed E-state index contributed by atoms with van der Waals surface area (Å²) in [6.45, 7) is 3.56. The molecule has 3 aromatic rings. The molecule has 312 valence electrons. The average Bonchev–Trinajstić information content (AvgIpc) is 3.67. The molecule has 0 radical (unpaired) electrons. The minimum absolute atomic E-state index is 0.0234. The molecule has 0 bridgehead atoms. The second-order valence-corrected chi connectivity index (χ2v) is 15.6. The van der Waals surface area contributed by atoms with E-state index < -0.39 is 34.6 Å². The molecule has 2 aliphatic heterocycles. The lowest BCUT2D eigenvalue weighted by atomic mass is 9.55. The van der Waals surface area contributed by atoms with Crippen molar-refractivity contribution in [3.05, 3.63) is 93.2 Å². The van der Waals surface area contributed by atoms with Crippen LogP contribution in [0.25, 0.3) is 0 Å². The normalized spacial score (nSPS) is 20.5. The van der Waals surface area contributed by atoms with Gasteiger partial charge in [-0.3, -0.25) is 24.5 Å². The van der Waals surface area contributed by atoms with Gasteiger partial charge in [0, 0.05) is 59.7 Å². The van der Waals surface area contributed by atoms with Gasteiger partial charge in [0.2, 0.25) is 17.7 Å².